The van der Waals surface area contributed by atoms with Crippen LogP contribution in [0.3, 0.4) is 0 Å². The van der Waals surface area contributed by atoms with Gasteiger partial charge in [-0.3, -0.25) is 4.79 Å². The first-order chi connectivity index (χ1) is 22.0. The minimum absolute atomic E-state index is 0.115. The molecular formula is C36H44N8O. The predicted molar refractivity (Wildman–Crippen MR) is 179 cm³/mol. The molecule has 2 saturated heterocycles. The number of aromatic nitrogens is 2. The van der Waals surface area contributed by atoms with Gasteiger partial charge in [0.1, 0.15) is 5.82 Å². The number of aryl methyl sites for hydroxylation is 1. The SMILES string of the molecule is C=CC(=O)N1CCN(c2nc(NCC3(CN4CCCC4)CC3)nc3c2CCN(c2cccc4cccc(C)c24)C3)C[C@@H]1CC#N. The largest absolute Gasteiger partial charge is 0.365 e. The van der Waals surface area contributed by atoms with E-state index in [1.54, 1.807) is 4.90 Å². The predicted octanol–water partition coefficient (Wildman–Crippen LogP) is 4.91. The summed E-state index contributed by atoms with van der Waals surface area (Å²) in [6.07, 6.45) is 7.59. The summed E-state index contributed by atoms with van der Waals surface area (Å²) < 4.78 is 0. The highest BCUT2D eigenvalue weighted by Crippen LogP contribution is 2.47. The summed E-state index contributed by atoms with van der Waals surface area (Å²) in [7, 11) is 0. The lowest BCUT2D eigenvalue weighted by atomic mass is 9.99. The van der Waals surface area contributed by atoms with E-state index in [2.05, 4.69) is 76.0 Å². The quantitative estimate of drug-likeness (QED) is 0.345. The molecule has 9 nitrogen and oxygen atoms in total. The Kier molecular flexibility index (Phi) is 8.09. The van der Waals surface area contributed by atoms with Crippen molar-refractivity contribution in [1.29, 1.82) is 5.26 Å². The normalized spacial score (nSPS) is 21.0. The first-order valence-corrected chi connectivity index (χ1v) is 16.6. The number of anilines is 3. The Balaban J connectivity index is 1.20. The smallest absolute Gasteiger partial charge is 0.246 e. The molecule has 0 radical (unpaired) electrons. The van der Waals surface area contributed by atoms with Gasteiger partial charge in [-0.25, -0.2) is 4.98 Å². The van der Waals surface area contributed by atoms with Crippen LogP contribution in [0.1, 0.15) is 48.9 Å². The van der Waals surface area contributed by atoms with E-state index in [4.69, 9.17) is 9.97 Å². The van der Waals surface area contributed by atoms with Gasteiger partial charge < -0.3 is 24.9 Å². The van der Waals surface area contributed by atoms with Crippen LogP contribution in [0.2, 0.25) is 0 Å². The van der Waals surface area contributed by atoms with Crippen LogP contribution >= 0.6 is 0 Å². The molecule has 1 amide bonds. The zero-order valence-electron chi connectivity index (χ0n) is 26.5. The molecule has 1 atom stereocenters. The Bertz CT molecular complexity index is 1630. The monoisotopic (exact) mass is 604 g/mol. The number of hydrogen-bond acceptors (Lipinski definition) is 8. The molecule has 0 bridgehead atoms. The minimum atomic E-state index is -0.204. The molecule has 3 aliphatic heterocycles. The number of carbonyl (C=O) groups is 1. The molecule has 1 saturated carbocycles. The van der Waals surface area contributed by atoms with Crippen LogP contribution in [-0.4, -0.2) is 84.1 Å². The van der Waals surface area contributed by atoms with Gasteiger partial charge in [0.25, 0.3) is 0 Å². The lowest BCUT2D eigenvalue weighted by Crippen LogP contribution is -2.55. The van der Waals surface area contributed by atoms with E-state index in [-0.39, 0.29) is 18.4 Å². The van der Waals surface area contributed by atoms with Crippen molar-refractivity contribution in [3.63, 3.8) is 0 Å². The third-order valence-electron chi connectivity index (χ3n) is 10.4. The van der Waals surface area contributed by atoms with Crippen LogP contribution in [0.15, 0.2) is 49.1 Å². The average Bonchev–Trinajstić information content (AvgIpc) is 3.64. The number of carbonyl (C=O) groups excluding carboxylic acids is 1. The number of rotatable bonds is 9. The molecule has 45 heavy (non-hydrogen) atoms. The van der Waals surface area contributed by atoms with Crippen molar-refractivity contribution in [2.24, 2.45) is 5.41 Å². The third kappa shape index (κ3) is 5.96. The number of nitrogens with zero attached hydrogens (tertiary/aromatic N) is 7. The highest BCUT2D eigenvalue weighted by atomic mass is 16.2. The highest BCUT2D eigenvalue weighted by molar-refractivity contribution is 5.97. The fraction of sp³-hybridized carbons (Fsp3) is 0.500. The van der Waals surface area contributed by atoms with Crippen molar-refractivity contribution < 1.29 is 4.79 Å². The van der Waals surface area contributed by atoms with Gasteiger partial charge in [-0.1, -0.05) is 36.9 Å². The van der Waals surface area contributed by atoms with E-state index in [0.717, 1.165) is 37.6 Å². The molecule has 4 aliphatic rings. The Hall–Kier alpha value is -4.16. The molecule has 3 fully saturated rings. The lowest BCUT2D eigenvalue weighted by molar-refractivity contribution is -0.128. The van der Waals surface area contributed by atoms with E-state index in [0.29, 0.717) is 37.5 Å². The maximum absolute atomic E-state index is 12.6. The Morgan fingerprint density at radius 1 is 1.09 bits per heavy atom. The topological polar surface area (TPSA) is 91.6 Å². The number of piperazine rings is 1. The third-order valence-corrected chi connectivity index (χ3v) is 10.4. The van der Waals surface area contributed by atoms with Crippen molar-refractivity contribution in [2.75, 3.05) is 67.5 Å². The second kappa shape index (κ2) is 12.3. The second-order valence-electron chi connectivity index (χ2n) is 13.5. The van der Waals surface area contributed by atoms with Crippen molar-refractivity contribution >= 4 is 34.1 Å². The molecule has 1 aromatic heterocycles. The van der Waals surface area contributed by atoms with Gasteiger partial charge in [-0.2, -0.15) is 10.2 Å². The van der Waals surface area contributed by atoms with Crippen molar-refractivity contribution in [3.8, 4) is 6.07 Å². The van der Waals surface area contributed by atoms with Gasteiger partial charge in [-0.15, -0.1) is 0 Å². The average molecular weight is 605 g/mol. The van der Waals surface area contributed by atoms with E-state index in [1.165, 1.54) is 72.4 Å². The Morgan fingerprint density at radius 3 is 2.64 bits per heavy atom. The fourth-order valence-electron chi connectivity index (χ4n) is 7.71. The van der Waals surface area contributed by atoms with Crippen LogP contribution in [0.25, 0.3) is 10.8 Å². The van der Waals surface area contributed by atoms with Gasteiger partial charge in [0.05, 0.1) is 30.8 Å². The molecule has 9 heteroatoms. The number of amides is 1. The number of nitrogens with one attached hydrogen (secondary N) is 1. The van der Waals surface area contributed by atoms with Crippen LogP contribution in [0.4, 0.5) is 17.5 Å². The molecule has 2 aromatic carbocycles. The van der Waals surface area contributed by atoms with E-state index < -0.39 is 0 Å². The van der Waals surface area contributed by atoms with E-state index in [1.807, 2.05) is 0 Å². The maximum Gasteiger partial charge on any atom is 0.246 e. The number of benzene rings is 2. The summed E-state index contributed by atoms with van der Waals surface area (Å²) in [5.41, 5.74) is 5.09. The summed E-state index contributed by atoms with van der Waals surface area (Å²) in [5.74, 6) is 1.53. The van der Waals surface area contributed by atoms with Gasteiger partial charge in [0.15, 0.2) is 0 Å². The van der Waals surface area contributed by atoms with Crippen molar-refractivity contribution in [3.05, 3.63) is 65.9 Å². The van der Waals surface area contributed by atoms with Crippen molar-refractivity contribution in [2.45, 2.75) is 58.0 Å². The van der Waals surface area contributed by atoms with Crippen LogP contribution in [-0.2, 0) is 17.8 Å². The zero-order chi connectivity index (χ0) is 31.0. The second-order valence-corrected chi connectivity index (χ2v) is 13.5. The van der Waals surface area contributed by atoms with Crippen LogP contribution in [0, 0.1) is 23.7 Å². The van der Waals surface area contributed by atoms with Gasteiger partial charge in [0.2, 0.25) is 11.9 Å². The Morgan fingerprint density at radius 2 is 1.89 bits per heavy atom. The van der Waals surface area contributed by atoms with E-state index in [9.17, 15) is 10.1 Å². The highest BCUT2D eigenvalue weighted by Gasteiger charge is 2.44. The summed E-state index contributed by atoms with van der Waals surface area (Å²) >= 11 is 0. The number of fused-ring (bicyclic) bond motifs is 2. The first-order valence-electron chi connectivity index (χ1n) is 16.6. The van der Waals surface area contributed by atoms with Gasteiger partial charge in [0, 0.05) is 61.3 Å². The molecule has 4 heterocycles. The molecule has 234 valence electrons. The van der Waals surface area contributed by atoms with E-state index >= 15 is 0 Å². The van der Waals surface area contributed by atoms with Crippen LogP contribution in [0.5, 0.6) is 0 Å². The van der Waals surface area contributed by atoms with Gasteiger partial charge >= 0.3 is 0 Å². The Labute approximate surface area is 266 Å². The minimum Gasteiger partial charge on any atom is -0.365 e. The number of hydrogen-bond donors (Lipinski definition) is 1. The first kappa shape index (κ1) is 29.5. The van der Waals surface area contributed by atoms with Crippen LogP contribution < -0.4 is 15.1 Å². The fourth-order valence-corrected chi connectivity index (χ4v) is 7.71. The molecule has 7 rings (SSSR count). The molecule has 3 aromatic rings. The lowest BCUT2D eigenvalue weighted by Gasteiger charge is -2.42. The molecule has 0 unspecified atom stereocenters. The summed E-state index contributed by atoms with van der Waals surface area (Å²) in [6, 6.07) is 15.2. The number of likely N-dealkylation sites (tertiary alicyclic amines) is 1. The molecule has 1 aliphatic carbocycles. The summed E-state index contributed by atoms with van der Waals surface area (Å²) in [4.78, 5) is 32.2. The summed E-state index contributed by atoms with van der Waals surface area (Å²) in [6.45, 7) is 13.7. The number of nitriles is 1. The van der Waals surface area contributed by atoms with Gasteiger partial charge in [-0.05, 0) is 75.2 Å². The standard InChI is InChI=1S/C36H44N8O/c1-3-32(45)44-21-20-43(22-28(44)12-16-37)34-29-13-19-42(31-11-7-10-27-9-6-8-26(2)33(27)31)23-30(29)39-35(40-34)38-24-36(14-15-36)25-41-17-4-5-18-41/h3,6-11,28H,1,4-5,12-15,17-25H2,2H3,(H,38,39,40)/t28-/m0/s1. The summed E-state index contributed by atoms with van der Waals surface area (Å²) in [5, 5.41) is 15.8. The molecule has 1 N–H and O–H groups in total. The zero-order valence-corrected chi connectivity index (χ0v) is 26.5. The molecule has 0 spiro atoms. The van der Waals surface area contributed by atoms with Crippen molar-refractivity contribution in [1.82, 2.24) is 19.8 Å². The maximum atomic E-state index is 12.6. The molecular weight excluding hydrogens is 560 g/mol.